The maximum Gasteiger partial charge on any atom is 0.244 e. The molecule has 6 heteroatoms. The highest BCUT2D eigenvalue weighted by molar-refractivity contribution is 6.31. The molecule has 5 nitrogen and oxygen atoms in total. The van der Waals surface area contributed by atoms with Crippen LogP contribution in [0.15, 0.2) is 72.8 Å². The molecule has 1 aliphatic rings. The molecular formula is C24H21ClN2O3. The lowest BCUT2D eigenvalue weighted by atomic mass is 9.77. The lowest BCUT2D eigenvalue weighted by Crippen LogP contribution is -2.42. The van der Waals surface area contributed by atoms with Crippen LogP contribution in [0.3, 0.4) is 0 Å². The van der Waals surface area contributed by atoms with Gasteiger partial charge in [0.05, 0.1) is 5.92 Å². The standard InChI is InChI=1S/C24H21ClN2O3/c1-15-10-12-16(13-11-15)22(28)14-19-17-6-3-5-9-21(17)26-23(24(19)27(29)30)18-7-2-4-8-20(18)25/h2-13,19,23-24,26H,14H2,1H3/t19-,23-,24+/m1/s1. The Bertz CT molecular complexity index is 1100. The Morgan fingerprint density at radius 2 is 1.63 bits per heavy atom. The number of halogens is 1. The number of fused-ring (bicyclic) bond motifs is 1. The van der Waals surface area contributed by atoms with Gasteiger partial charge in [0, 0.05) is 27.6 Å². The molecule has 3 aromatic carbocycles. The second-order valence-corrected chi connectivity index (χ2v) is 8.01. The van der Waals surface area contributed by atoms with Gasteiger partial charge in [0.15, 0.2) is 5.78 Å². The number of para-hydroxylation sites is 1. The van der Waals surface area contributed by atoms with E-state index in [1.165, 1.54) is 0 Å². The first-order valence-corrected chi connectivity index (χ1v) is 10.2. The number of nitrogens with one attached hydrogen (secondary N) is 1. The molecule has 30 heavy (non-hydrogen) atoms. The van der Waals surface area contributed by atoms with Crippen LogP contribution in [-0.2, 0) is 0 Å². The van der Waals surface area contributed by atoms with Crippen molar-refractivity contribution in [1.82, 2.24) is 0 Å². The summed E-state index contributed by atoms with van der Waals surface area (Å²) in [6.07, 6.45) is 0.0500. The maximum atomic E-state index is 13.0. The molecule has 0 aromatic heterocycles. The summed E-state index contributed by atoms with van der Waals surface area (Å²) in [6, 6.07) is 20.2. The molecule has 0 bridgehead atoms. The predicted molar refractivity (Wildman–Crippen MR) is 118 cm³/mol. The molecule has 1 aliphatic heterocycles. The number of carbonyl (C=O) groups excluding carboxylic acids is 1. The number of benzene rings is 3. The van der Waals surface area contributed by atoms with E-state index in [1.54, 1.807) is 30.3 Å². The molecule has 3 atom stereocenters. The number of anilines is 1. The Kier molecular flexibility index (Phi) is 5.55. The van der Waals surface area contributed by atoms with Crippen molar-refractivity contribution in [3.8, 4) is 0 Å². The van der Waals surface area contributed by atoms with Crippen LogP contribution >= 0.6 is 11.6 Å². The SMILES string of the molecule is Cc1ccc(C(=O)C[C@@H]2c3ccccc3N[C@H](c3ccccc3Cl)[C@H]2[N+](=O)[O-])cc1. The number of aryl methyl sites for hydroxylation is 1. The van der Waals surface area contributed by atoms with Gasteiger partial charge in [0.25, 0.3) is 0 Å². The average Bonchev–Trinajstić information content (AvgIpc) is 2.74. The highest BCUT2D eigenvalue weighted by Crippen LogP contribution is 2.45. The first-order valence-electron chi connectivity index (χ1n) is 9.79. The number of hydrogen-bond acceptors (Lipinski definition) is 4. The van der Waals surface area contributed by atoms with Gasteiger partial charge in [-0.25, -0.2) is 0 Å². The number of nitro groups is 1. The molecule has 0 amide bonds. The van der Waals surface area contributed by atoms with Crippen molar-refractivity contribution in [2.24, 2.45) is 0 Å². The van der Waals surface area contributed by atoms with E-state index < -0.39 is 18.0 Å². The molecule has 0 saturated carbocycles. The summed E-state index contributed by atoms with van der Waals surface area (Å²) in [5.41, 5.74) is 3.85. The second kappa shape index (κ2) is 8.28. The van der Waals surface area contributed by atoms with Crippen molar-refractivity contribution in [3.63, 3.8) is 0 Å². The van der Waals surface area contributed by atoms with Crippen molar-refractivity contribution in [1.29, 1.82) is 0 Å². The topological polar surface area (TPSA) is 72.2 Å². The number of Topliss-reactive ketones (excluding diaryl/α,β-unsaturated/α-hetero) is 1. The Morgan fingerprint density at radius 3 is 2.30 bits per heavy atom. The van der Waals surface area contributed by atoms with Crippen molar-refractivity contribution < 1.29 is 9.72 Å². The zero-order valence-electron chi connectivity index (χ0n) is 16.4. The molecule has 0 unspecified atom stereocenters. The summed E-state index contributed by atoms with van der Waals surface area (Å²) in [6.45, 7) is 1.95. The van der Waals surface area contributed by atoms with Gasteiger partial charge >= 0.3 is 0 Å². The van der Waals surface area contributed by atoms with Gasteiger partial charge < -0.3 is 5.32 Å². The zero-order valence-corrected chi connectivity index (χ0v) is 17.2. The van der Waals surface area contributed by atoms with Gasteiger partial charge in [-0.3, -0.25) is 14.9 Å². The van der Waals surface area contributed by atoms with Crippen LogP contribution in [0.5, 0.6) is 0 Å². The molecule has 0 radical (unpaired) electrons. The minimum atomic E-state index is -1.03. The predicted octanol–water partition coefficient (Wildman–Crippen LogP) is 5.82. The Hall–Kier alpha value is -3.18. The third kappa shape index (κ3) is 3.81. The molecule has 4 rings (SSSR count). The Morgan fingerprint density at radius 1 is 1.00 bits per heavy atom. The molecule has 3 aromatic rings. The molecule has 0 saturated heterocycles. The fourth-order valence-corrected chi connectivity index (χ4v) is 4.42. The van der Waals surface area contributed by atoms with E-state index in [0.29, 0.717) is 16.1 Å². The van der Waals surface area contributed by atoms with Gasteiger partial charge in [0.2, 0.25) is 6.04 Å². The maximum absolute atomic E-state index is 13.0. The van der Waals surface area contributed by atoms with Crippen LogP contribution in [0.1, 0.15) is 45.4 Å². The number of rotatable bonds is 5. The lowest BCUT2D eigenvalue weighted by Gasteiger charge is -2.36. The first kappa shape index (κ1) is 20.1. The van der Waals surface area contributed by atoms with E-state index in [1.807, 2.05) is 49.4 Å². The highest BCUT2D eigenvalue weighted by Gasteiger charge is 2.46. The lowest BCUT2D eigenvalue weighted by molar-refractivity contribution is -0.530. The summed E-state index contributed by atoms with van der Waals surface area (Å²) in [7, 11) is 0. The van der Waals surface area contributed by atoms with E-state index in [2.05, 4.69) is 5.32 Å². The first-order chi connectivity index (χ1) is 14.5. The summed E-state index contributed by atoms with van der Waals surface area (Å²) in [5.74, 6) is -0.686. The van der Waals surface area contributed by atoms with E-state index in [4.69, 9.17) is 11.6 Å². The molecule has 0 fully saturated rings. The van der Waals surface area contributed by atoms with Gasteiger partial charge in [-0.15, -0.1) is 0 Å². The van der Waals surface area contributed by atoms with Crippen LogP contribution in [0.25, 0.3) is 0 Å². The molecule has 152 valence electrons. The zero-order chi connectivity index (χ0) is 21.3. The minimum Gasteiger partial charge on any atom is -0.372 e. The van der Waals surface area contributed by atoms with E-state index in [-0.39, 0.29) is 17.1 Å². The Labute approximate surface area is 179 Å². The molecular weight excluding hydrogens is 400 g/mol. The van der Waals surface area contributed by atoms with Crippen LogP contribution in [0.4, 0.5) is 5.69 Å². The quantitative estimate of drug-likeness (QED) is 0.321. The fourth-order valence-electron chi connectivity index (χ4n) is 4.17. The second-order valence-electron chi connectivity index (χ2n) is 7.61. The number of ketones is 1. The summed E-state index contributed by atoms with van der Waals surface area (Å²) in [5, 5.41) is 16.0. The average molecular weight is 421 g/mol. The van der Waals surface area contributed by atoms with E-state index in [9.17, 15) is 14.9 Å². The van der Waals surface area contributed by atoms with Crippen LogP contribution in [0, 0.1) is 17.0 Å². The molecule has 0 aliphatic carbocycles. The van der Waals surface area contributed by atoms with Crippen LogP contribution < -0.4 is 5.32 Å². The van der Waals surface area contributed by atoms with Crippen LogP contribution in [-0.4, -0.2) is 16.7 Å². The summed E-state index contributed by atoms with van der Waals surface area (Å²) in [4.78, 5) is 25.0. The summed E-state index contributed by atoms with van der Waals surface area (Å²) >= 11 is 6.39. The van der Waals surface area contributed by atoms with Gasteiger partial charge in [-0.05, 0) is 30.2 Å². The Balaban J connectivity index is 1.77. The fraction of sp³-hybridized carbons (Fsp3) is 0.208. The van der Waals surface area contributed by atoms with E-state index in [0.717, 1.165) is 16.8 Å². The van der Waals surface area contributed by atoms with Gasteiger partial charge in [-0.2, -0.15) is 0 Å². The van der Waals surface area contributed by atoms with Crippen molar-refractivity contribution >= 4 is 23.1 Å². The molecule has 0 spiro atoms. The third-order valence-corrected chi connectivity index (χ3v) is 6.03. The number of nitrogens with zero attached hydrogens (tertiary/aromatic N) is 1. The van der Waals surface area contributed by atoms with Crippen molar-refractivity contribution in [2.45, 2.75) is 31.3 Å². The third-order valence-electron chi connectivity index (χ3n) is 5.69. The molecule has 1 N–H and O–H groups in total. The monoisotopic (exact) mass is 420 g/mol. The van der Waals surface area contributed by atoms with Crippen LogP contribution in [0.2, 0.25) is 5.02 Å². The smallest absolute Gasteiger partial charge is 0.244 e. The molecule has 1 heterocycles. The number of carbonyl (C=O) groups is 1. The van der Waals surface area contributed by atoms with Gasteiger partial charge in [-0.1, -0.05) is 77.8 Å². The van der Waals surface area contributed by atoms with Gasteiger partial charge in [0.1, 0.15) is 6.04 Å². The van der Waals surface area contributed by atoms with Crippen molar-refractivity contribution in [2.75, 3.05) is 5.32 Å². The summed E-state index contributed by atoms with van der Waals surface area (Å²) < 4.78 is 0. The van der Waals surface area contributed by atoms with E-state index >= 15 is 0 Å². The van der Waals surface area contributed by atoms with Crippen molar-refractivity contribution in [3.05, 3.63) is 110 Å². The highest BCUT2D eigenvalue weighted by atomic mass is 35.5. The minimum absolute atomic E-state index is 0.0500. The normalized spacial score (nSPS) is 20.1. The largest absolute Gasteiger partial charge is 0.372 e. The number of hydrogen-bond donors (Lipinski definition) is 1.